The number of nitrogens with one attached hydrogen (secondary N) is 3. The Hall–Kier alpha value is -3.69. The molecule has 38 heavy (non-hydrogen) atoms. The molecule has 3 heterocycles. The second kappa shape index (κ2) is 11.8. The zero-order valence-electron chi connectivity index (χ0n) is 22.4. The van der Waals surface area contributed by atoms with Gasteiger partial charge in [0.05, 0.1) is 6.10 Å². The largest absolute Gasteiger partial charge is 0.377 e. The zero-order valence-corrected chi connectivity index (χ0v) is 22.4. The molecule has 9 heteroatoms. The average Bonchev–Trinajstić information content (AvgIpc) is 3.34. The van der Waals surface area contributed by atoms with Gasteiger partial charge in [0.1, 0.15) is 11.3 Å². The number of aromatic nitrogens is 3. The molecular weight excluding hydrogens is 478 g/mol. The number of allylic oxidation sites excluding steroid dienone is 1. The van der Waals surface area contributed by atoms with Crippen molar-refractivity contribution >= 4 is 34.3 Å². The number of carbonyl (C=O) groups excluding carboxylic acids is 1. The minimum absolute atomic E-state index is 0.0473. The van der Waals surface area contributed by atoms with Crippen LogP contribution in [0.25, 0.3) is 11.0 Å². The molecule has 3 aromatic rings. The van der Waals surface area contributed by atoms with E-state index in [9.17, 15) is 4.79 Å². The summed E-state index contributed by atoms with van der Waals surface area (Å²) in [4.78, 5) is 25.2. The van der Waals surface area contributed by atoms with Crippen molar-refractivity contribution in [3.63, 3.8) is 0 Å². The maximum Gasteiger partial charge on any atom is 0.272 e. The Kier molecular flexibility index (Phi) is 8.05. The lowest BCUT2D eigenvalue weighted by molar-refractivity contribution is 0.0954. The molecule has 2 aliphatic rings. The van der Waals surface area contributed by atoms with E-state index in [1.54, 1.807) is 13.3 Å². The molecule has 1 aliphatic heterocycles. The van der Waals surface area contributed by atoms with E-state index in [4.69, 9.17) is 9.72 Å². The van der Waals surface area contributed by atoms with E-state index in [0.29, 0.717) is 11.6 Å². The van der Waals surface area contributed by atoms with Crippen LogP contribution in [0.3, 0.4) is 0 Å². The van der Waals surface area contributed by atoms with Crippen molar-refractivity contribution in [1.29, 1.82) is 0 Å². The van der Waals surface area contributed by atoms with Crippen molar-refractivity contribution in [3.8, 4) is 0 Å². The minimum atomic E-state index is -0.153. The number of benzene rings is 1. The van der Waals surface area contributed by atoms with E-state index in [1.165, 1.54) is 5.69 Å². The lowest BCUT2D eigenvalue weighted by Crippen LogP contribution is -2.43. The fourth-order valence-electron chi connectivity index (χ4n) is 5.14. The summed E-state index contributed by atoms with van der Waals surface area (Å²) in [7, 11) is 1.69. The summed E-state index contributed by atoms with van der Waals surface area (Å²) in [6.07, 6.45) is 10.2. The van der Waals surface area contributed by atoms with Gasteiger partial charge < -0.3 is 30.2 Å². The molecule has 1 aliphatic carbocycles. The predicted molar refractivity (Wildman–Crippen MR) is 152 cm³/mol. The molecule has 1 aromatic carbocycles. The molecule has 3 N–H and O–H groups in total. The first-order valence-electron chi connectivity index (χ1n) is 13.5. The SMILES string of the molecule is CCC(CC)n1c(C(=O)NC2=CCC(OC)C=C2)cc2cnc(Nc3ccc(N4CCNCC4)cc3)nc21. The monoisotopic (exact) mass is 515 g/mol. The Bertz CT molecular complexity index is 1320. The Balaban J connectivity index is 1.39. The van der Waals surface area contributed by atoms with Crippen molar-refractivity contribution in [2.45, 2.75) is 45.3 Å². The van der Waals surface area contributed by atoms with E-state index in [1.807, 2.05) is 24.3 Å². The van der Waals surface area contributed by atoms with Crippen LogP contribution >= 0.6 is 0 Å². The van der Waals surface area contributed by atoms with Gasteiger partial charge in [-0.2, -0.15) is 4.98 Å². The standard InChI is InChI=1S/C29H37N7O2/c1-4-23(5-2)36-26(28(37)32-21-8-12-25(38-3)13-9-21)18-20-19-31-29(34-27(20)36)33-22-6-10-24(11-7-22)35-16-14-30-15-17-35/h6-12,18-19,23,25,30H,4-5,13-17H2,1-3H3,(H,32,37)(H,31,33,34). The molecule has 1 saturated heterocycles. The van der Waals surface area contributed by atoms with Crippen LogP contribution in [-0.4, -0.2) is 59.8 Å². The van der Waals surface area contributed by atoms with Crippen molar-refractivity contribution < 1.29 is 9.53 Å². The van der Waals surface area contributed by atoms with Crippen molar-refractivity contribution in [2.24, 2.45) is 0 Å². The minimum Gasteiger partial charge on any atom is -0.377 e. The molecule has 1 atom stereocenters. The fraction of sp³-hybridized carbons (Fsp3) is 0.414. The van der Waals surface area contributed by atoms with Crippen LogP contribution in [0.1, 0.15) is 49.6 Å². The molecule has 9 nitrogen and oxygen atoms in total. The summed E-state index contributed by atoms with van der Waals surface area (Å²) >= 11 is 0. The smallest absolute Gasteiger partial charge is 0.272 e. The Morgan fingerprint density at radius 3 is 2.61 bits per heavy atom. The van der Waals surface area contributed by atoms with Gasteiger partial charge in [-0.3, -0.25) is 4.79 Å². The van der Waals surface area contributed by atoms with Gasteiger partial charge >= 0.3 is 0 Å². The van der Waals surface area contributed by atoms with Gasteiger partial charge in [-0.1, -0.05) is 26.0 Å². The van der Waals surface area contributed by atoms with Crippen LogP contribution in [0.5, 0.6) is 0 Å². The van der Waals surface area contributed by atoms with Crippen molar-refractivity contribution in [3.05, 3.63) is 66.1 Å². The number of hydrogen-bond donors (Lipinski definition) is 3. The van der Waals surface area contributed by atoms with E-state index >= 15 is 0 Å². The zero-order chi connectivity index (χ0) is 26.5. The number of fused-ring (bicyclic) bond motifs is 1. The van der Waals surface area contributed by atoms with Gasteiger partial charge in [0, 0.05) is 68.0 Å². The normalized spacial score (nSPS) is 17.6. The first-order valence-corrected chi connectivity index (χ1v) is 13.5. The Labute approximate surface area is 224 Å². The third-order valence-corrected chi connectivity index (χ3v) is 7.34. The summed E-state index contributed by atoms with van der Waals surface area (Å²) in [5.74, 6) is 0.355. The van der Waals surface area contributed by atoms with Crippen LogP contribution in [0, 0.1) is 0 Å². The lowest BCUT2D eigenvalue weighted by atomic mass is 10.1. The molecule has 0 spiro atoms. The molecule has 5 rings (SSSR count). The summed E-state index contributed by atoms with van der Waals surface area (Å²) in [6, 6.07) is 10.4. The maximum atomic E-state index is 13.4. The number of rotatable bonds is 9. The predicted octanol–water partition coefficient (Wildman–Crippen LogP) is 4.53. The van der Waals surface area contributed by atoms with Gasteiger partial charge in [-0.05, 0) is 55.7 Å². The highest BCUT2D eigenvalue weighted by Gasteiger charge is 2.23. The quantitative estimate of drug-likeness (QED) is 0.385. The van der Waals surface area contributed by atoms with Gasteiger partial charge in [0.2, 0.25) is 5.95 Å². The third kappa shape index (κ3) is 5.58. The van der Waals surface area contributed by atoms with E-state index in [0.717, 1.165) is 67.9 Å². The van der Waals surface area contributed by atoms with E-state index in [-0.39, 0.29) is 18.1 Å². The summed E-state index contributed by atoms with van der Waals surface area (Å²) in [6.45, 7) is 8.31. The van der Waals surface area contributed by atoms with Gasteiger partial charge in [0.15, 0.2) is 0 Å². The van der Waals surface area contributed by atoms with Crippen molar-refractivity contribution in [2.75, 3.05) is 43.5 Å². The fourth-order valence-corrected chi connectivity index (χ4v) is 5.14. The van der Waals surface area contributed by atoms with Crippen LogP contribution in [-0.2, 0) is 4.74 Å². The number of methoxy groups -OCH3 is 1. The highest BCUT2D eigenvalue weighted by Crippen LogP contribution is 2.28. The molecule has 1 amide bonds. The molecule has 0 radical (unpaired) electrons. The molecule has 0 saturated carbocycles. The number of amides is 1. The maximum absolute atomic E-state index is 13.4. The van der Waals surface area contributed by atoms with E-state index < -0.39 is 0 Å². The lowest BCUT2D eigenvalue weighted by Gasteiger charge is -2.29. The molecule has 1 unspecified atom stereocenters. The molecule has 2 aromatic heterocycles. The highest BCUT2D eigenvalue weighted by molar-refractivity contribution is 5.99. The molecular formula is C29H37N7O2. The second-order valence-corrected chi connectivity index (χ2v) is 9.73. The summed E-state index contributed by atoms with van der Waals surface area (Å²) in [5.41, 5.74) is 4.26. The molecule has 1 fully saturated rings. The van der Waals surface area contributed by atoms with Crippen LogP contribution in [0.2, 0.25) is 0 Å². The number of anilines is 3. The average molecular weight is 516 g/mol. The van der Waals surface area contributed by atoms with E-state index in [2.05, 4.69) is 68.5 Å². The van der Waals surface area contributed by atoms with Gasteiger partial charge in [0.25, 0.3) is 5.91 Å². The first-order chi connectivity index (χ1) is 18.6. The first kappa shape index (κ1) is 25.9. The van der Waals surface area contributed by atoms with Gasteiger partial charge in [-0.15, -0.1) is 0 Å². The third-order valence-electron chi connectivity index (χ3n) is 7.34. The topological polar surface area (TPSA) is 96.3 Å². The molecule has 0 bridgehead atoms. The second-order valence-electron chi connectivity index (χ2n) is 9.73. The van der Waals surface area contributed by atoms with Crippen LogP contribution in [0.4, 0.5) is 17.3 Å². The Morgan fingerprint density at radius 2 is 1.95 bits per heavy atom. The number of piperazine rings is 1. The number of nitrogens with zero attached hydrogens (tertiary/aromatic N) is 4. The van der Waals surface area contributed by atoms with Crippen LogP contribution in [0.15, 0.2) is 60.5 Å². The van der Waals surface area contributed by atoms with Crippen molar-refractivity contribution in [1.82, 2.24) is 25.2 Å². The summed E-state index contributed by atoms with van der Waals surface area (Å²) in [5, 5.41) is 10.6. The highest BCUT2D eigenvalue weighted by atomic mass is 16.5. The molecule has 200 valence electrons. The Morgan fingerprint density at radius 1 is 1.18 bits per heavy atom. The van der Waals surface area contributed by atoms with Gasteiger partial charge in [-0.25, -0.2) is 4.98 Å². The number of ether oxygens (including phenoxy) is 1. The number of carbonyl (C=O) groups is 1. The summed E-state index contributed by atoms with van der Waals surface area (Å²) < 4.78 is 7.43. The number of hydrogen-bond acceptors (Lipinski definition) is 7. The van der Waals surface area contributed by atoms with Crippen LogP contribution < -0.4 is 20.9 Å².